The Hall–Kier alpha value is -0.610. The maximum absolute atomic E-state index is 12.0. The molecule has 0 aromatic heterocycles. The van der Waals surface area contributed by atoms with Gasteiger partial charge in [0.05, 0.1) is 5.54 Å². The smallest absolute Gasteiger partial charge is 0.240 e. The highest BCUT2D eigenvalue weighted by molar-refractivity contribution is 5.86. The highest BCUT2D eigenvalue weighted by Gasteiger charge is 2.43. The molecule has 17 heavy (non-hydrogen) atoms. The van der Waals surface area contributed by atoms with Crippen LogP contribution < -0.4 is 11.1 Å². The predicted octanol–water partition coefficient (Wildman–Crippen LogP) is 1.03. The molecule has 0 aliphatic heterocycles. The quantitative estimate of drug-likeness (QED) is 0.595. The number of hydrogen-bond acceptors (Lipinski definition) is 3. The zero-order valence-corrected chi connectivity index (χ0v) is 11.0. The maximum Gasteiger partial charge on any atom is 0.240 e. The summed E-state index contributed by atoms with van der Waals surface area (Å²) in [5.41, 5.74) is 5.33. The van der Waals surface area contributed by atoms with Crippen molar-refractivity contribution in [3.05, 3.63) is 0 Å². The third kappa shape index (κ3) is 4.28. The molecule has 1 amide bonds. The van der Waals surface area contributed by atoms with E-state index in [9.17, 15) is 4.79 Å². The van der Waals surface area contributed by atoms with Crippen molar-refractivity contribution < 1.29 is 9.90 Å². The lowest BCUT2D eigenvalue weighted by Crippen LogP contribution is -2.54. The molecule has 100 valence electrons. The van der Waals surface area contributed by atoms with E-state index in [1.807, 2.05) is 6.92 Å². The van der Waals surface area contributed by atoms with E-state index in [0.717, 1.165) is 32.1 Å². The van der Waals surface area contributed by atoms with Crippen molar-refractivity contribution in [1.82, 2.24) is 5.32 Å². The van der Waals surface area contributed by atoms with E-state index in [4.69, 9.17) is 10.8 Å². The van der Waals surface area contributed by atoms with Crippen LogP contribution >= 0.6 is 0 Å². The molecule has 0 spiro atoms. The first kappa shape index (κ1) is 14.5. The zero-order chi connectivity index (χ0) is 12.9. The van der Waals surface area contributed by atoms with Crippen LogP contribution in [-0.4, -0.2) is 29.7 Å². The zero-order valence-electron chi connectivity index (χ0n) is 11.0. The molecule has 0 saturated heterocycles. The van der Waals surface area contributed by atoms with Gasteiger partial charge in [-0.1, -0.05) is 13.3 Å². The minimum atomic E-state index is -0.712. The van der Waals surface area contributed by atoms with E-state index in [0.29, 0.717) is 18.4 Å². The largest absolute Gasteiger partial charge is 0.396 e. The maximum atomic E-state index is 12.0. The molecular formula is C13H26N2O2. The van der Waals surface area contributed by atoms with Gasteiger partial charge in [0.25, 0.3) is 0 Å². The second kappa shape index (κ2) is 6.36. The second-order valence-corrected chi connectivity index (χ2v) is 5.43. The molecular weight excluding hydrogens is 216 g/mol. The monoisotopic (exact) mass is 242 g/mol. The van der Waals surface area contributed by atoms with Gasteiger partial charge in [-0.2, -0.15) is 0 Å². The highest BCUT2D eigenvalue weighted by Crippen LogP contribution is 2.38. The molecule has 1 saturated carbocycles. The number of amides is 1. The number of carbonyl (C=O) groups excluding carboxylic acids is 1. The molecule has 1 rings (SSSR count). The molecule has 0 bridgehead atoms. The number of hydrogen-bond donors (Lipinski definition) is 3. The normalized spacial score (nSPS) is 20.7. The Morgan fingerprint density at radius 1 is 1.53 bits per heavy atom. The molecule has 2 unspecified atom stereocenters. The van der Waals surface area contributed by atoms with E-state index in [-0.39, 0.29) is 12.5 Å². The molecule has 0 radical (unpaired) electrons. The Balaban J connectivity index is 2.34. The van der Waals surface area contributed by atoms with Gasteiger partial charge in [-0.15, -0.1) is 0 Å². The third-order valence-electron chi connectivity index (χ3n) is 3.70. The van der Waals surface area contributed by atoms with Gasteiger partial charge in [0.2, 0.25) is 5.91 Å². The molecule has 4 nitrogen and oxygen atoms in total. The Morgan fingerprint density at radius 3 is 2.65 bits per heavy atom. The van der Waals surface area contributed by atoms with Crippen LogP contribution in [0.25, 0.3) is 0 Å². The first-order valence-electron chi connectivity index (χ1n) is 6.70. The minimum Gasteiger partial charge on any atom is -0.396 e. The van der Waals surface area contributed by atoms with Crippen LogP contribution in [0, 0.1) is 11.8 Å². The van der Waals surface area contributed by atoms with E-state index in [1.165, 1.54) is 0 Å². The summed E-state index contributed by atoms with van der Waals surface area (Å²) < 4.78 is 0. The summed E-state index contributed by atoms with van der Waals surface area (Å²) in [6, 6.07) is 0. The predicted molar refractivity (Wildman–Crippen MR) is 68.4 cm³/mol. The number of carbonyl (C=O) groups is 1. The van der Waals surface area contributed by atoms with Crippen LogP contribution in [-0.2, 0) is 4.79 Å². The average Bonchev–Trinajstić information content (AvgIpc) is 3.09. The summed E-state index contributed by atoms with van der Waals surface area (Å²) in [5, 5.41) is 11.9. The van der Waals surface area contributed by atoms with Gasteiger partial charge < -0.3 is 16.2 Å². The van der Waals surface area contributed by atoms with Gasteiger partial charge in [0.1, 0.15) is 0 Å². The fourth-order valence-corrected chi connectivity index (χ4v) is 2.24. The van der Waals surface area contributed by atoms with Crippen LogP contribution in [0.15, 0.2) is 0 Å². The van der Waals surface area contributed by atoms with Crippen molar-refractivity contribution >= 4 is 5.91 Å². The Morgan fingerprint density at radius 2 is 2.18 bits per heavy atom. The third-order valence-corrected chi connectivity index (χ3v) is 3.70. The molecule has 4 N–H and O–H groups in total. The SMILES string of the molecule is CCCC(CCO)CNC(=O)C(C)(N)C1CC1. The van der Waals surface area contributed by atoms with Crippen LogP contribution in [0.4, 0.5) is 0 Å². The van der Waals surface area contributed by atoms with Gasteiger partial charge in [-0.05, 0) is 44.4 Å². The van der Waals surface area contributed by atoms with E-state index in [2.05, 4.69) is 12.2 Å². The fraction of sp³-hybridized carbons (Fsp3) is 0.923. The van der Waals surface area contributed by atoms with Gasteiger partial charge in [-0.3, -0.25) is 4.79 Å². The van der Waals surface area contributed by atoms with Gasteiger partial charge in [-0.25, -0.2) is 0 Å². The van der Waals surface area contributed by atoms with Crippen molar-refractivity contribution in [2.24, 2.45) is 17.6 Å². The average molecular weight is 242 g/mol. The van der Waals surface area contributed by atoms with E-state index < -0.39 is 5.54 Å². The summed E-state index contributed by atoms with van der Waals surface area (Å²) in [4.78, 5) is 12.0. The summed E-state index contributed by atoms with van der Waals surface area (Å²) in [7, 11) is 0. The summed E-state index contributed by atoms with van der Waals surface area (Å²) in [5.74, 6) is 0.674. The van der Waals surface area contributed by atoms with Crippen molar-refractivity contribution in [3.63, 3.8) is 0 Å². The van der Waals surface area contributed by atoms with Crippen LogP contribution in [0.1, 0.15) is 46.0 Å². The van der Waals surface area contributed by atoms with Crippen LogP contribution in [0.3, 0.4) is 0 Å². The van der Waals surface area contributed by atoms with Gasteiger partial charge in [0, 0.05) is 13.2 Å². The molecule has 4 heteroatoms. The van der Waals surface area contributed by atoms with Crippen LogP contribution in [0.2, 0.25) is 0 Å². The minimum absolute atomic E-state index is 0.0426. The molecule has 1 aliphatic rings. The first-order chi connectivity index (χ1) is 8.02. The Labute approximate surface area is 104 Å². The van der Waals surface area contributed by atoms with Gasteiger partial charge >= 0.3 is 0 Å². The molecule has 2 atom stereocenters. The molecule has 0 heterocycles. The van der Waals surface area contributed by atoms with Crippen molar-refractivity contribution in [1.29, 1.82) is 0 Å². The van der Waals surface area contributed by atoms with Crippen molar-refractivity contribution in [2.45, 2.75) is 51.5 Å². The van der Waals surface area contributed by atoms with Crippen molar-refractivity contribution in [2.75, 3.05) is 13.2 Å². The van der Waals surface area contributed by atoms with E-state index in [1.54, 1.807) is 0 Å². The summed E-state index contributed by atoms with van der Waals surface area (Å²) >= 11 is 0. The molecule has 0 aromatic rings. The lowest BCUT2D eigenvalue weighted by Gasteiger charge is -2.25. The number of nitrogens with two attached hydrogens (primary N) is 1. The van der Waals surface area contributed by atoms with Crippen molar-refractivity contribution in [3.8, 4) is 0 Å². The lowest BCUT2D eigenvalue weighted by atomic mass is 9.95. The topological polar surface area (TPSA) is 75.3 Å². The highest BCUT2D eigenvalue weighted by atomic mass is 16.3. The summed E-state index contributed by atoms with van der Waals surface area (Å²) in [6.45, 7) is 4.75. The summed E-state index contributed by atoms with van der Waals surface area (Å²) in [6.07, 6.45) is 4.98. The molecule has 1 fully saturated rings. The number of nitrogens with one attached hydrogen (secondary N) is 1. The molecule has 0 aromatic carbocycles. The standard InChI is InChI=1S/C13H26N2O2/c1-3-4-10(7-8-16)9-15-12(17)13(2,14)11-5-6-11/h10-11,16H,3-9,14H2,1-2H3,(H,15,17). The number of rotatable bonds is 8. The first-order valence-corrected chi connectivity index (χ1v) is 6.70. The van der Waals surface area contributed by atoms with Crippen LogP contribution in [0.5, 0.6) is 0 Å². The van der Waals surface area contributed by atoms with Gasteiger partial charge in [0.15, 0.2) is 0 Å². The molecule has 1 aliphatic carbocycles. The fourth-order valence-electron chi connectivity index (χ4n) is 2.24. The lowest BCUT2D eigenvalue weighted by molar-refractivity contribution is -0.126. The van der Waals surface area contributed by atoms with E-state index >= 15 is 0 Å². The number of aliphatic hydroxyl groups excluding tert-OH is 1. The Kier molecular flexibility index (Phi) is 5.40. The number of aliphatic hydroxyl groups is 1. The second-order valence-electron chi connectivity index (χ2n) is 5.43. The Bertz CT molecular complexity index is 244.